The van der Waals surface area contributed by atoms with Gasteiger partial charge in [0.25, 0.3) is 10.0 Å². The average Bonchev–Trinajstić information content (AvgIpc) is 3.22. The molecule has 0 atom stereocenters. The Morgan fingerprint density at radius 3 is 2.33 bits per heavy atom. The zero-order valence-corrected chi connectivity index (χ0v) is 21.9. The van der Waals surface area contributed by atoms with Gasteiger partial charge in [0.15, 0.2) is 0 Å². The molecule has 1 heterocycles. The molecule has 0 aliphatic carbocycles. The summed E-state index contributed by atoms with van der Waals surface area (Å²) in [6.45, 7) is 2.85. The second kappa shape index (κ2) is 11.2. The fourth-order valence-corrected chi connectivity index (χ4v) is 4.61. The summed E-state index contributed by atoms with van der Waals surface area (Å²) in [5.74, 6) is -2.28. The van der Waals surface area contributed by atoms with E-state index in [0.29, 0.717) is 10.6 Å². The molecule has 0 unspecified atom stereocenters. The molecule has 33 heavy (non-hydrogen) atoms. The number of amides is 1. The maximum Gasteiger partial charge on any atom is 1.00 e. The molecule has 1 N–H and O–H groups in total. The van der Waals surface area contributed by atoms with Gasteiger partial charge in [0.2, 0.25) is 5.91 Å². The number of nitrogens with one attached hydrogen (secondary N) is 1. The summed E-state index contributed by atoms with van der Waals surface area (Å²) in [6.07, 6.45) is 0. The summed E-state index contributed by atoms with van der Waals surface area (Å²) < 4.78 is 32.8. The summed E-state index contributed by atoms with van der Waals surface area (Å²) in [7, 11) is -4.09. The zero-order valence-electron chi connectivity index (χ0n) is 18.3. The molecule has 8 nitrogen and oxygen atoms in total. The number of sulfonamides is 1. The molecule has 2 aromatic carbocycles. The van der Waals surface area contributed by atoms with Crippen LogP contribution in [0.15, 0.2) is 63.9 Å². The van der Waals surface area contributed by atoms with Crippen molar-refractivity contribution < 1.29 is 57.1 Å². The summed E-state index contributed by atoms with van der Waals surface area (Å²) in [5.41, 5.74) is 1.66. The van der Waals surface area contributed by atoms with Gasteiger partial charge in [-0.25, -0.2) is 8.42 Å². The van der Waals surface area contributed by atoms with Crippen molar-refractivity contribution >= 4 is 39.2 Å². The number of carboxylic acids is 1. The van der Waals surface area contributed by atoms with Crippen LogP contribution in [0, 0.1) is 13.8 Å². The maximum absolute atomic E-state index is 13.4. The molecule has 0 bridgehead atoms. The number of benzene rings is 2. The molecule has 3 aromatic rings. The quantitative estimate of drug-likeness (QED) is 0.415. The van der Waals surface area contributed by atoms with E-state index in [0.717, 1.165) is 9.87 Å². The summed E-state index contributed by atoms with van der Waals surface area (Å²) >= 11 is 6.19. The fourth-order valence-electron chi connectivity index (χ4n) is 2.96. The van der Waals surface area contributed by atoms with Crippen molar-refractivity contribution in [1.82, 2.24) is 5.32 Å². The normalized spacial score (nSPS) is 10.9. The van der Waals surface area contributed by atoms with Crippen molar-refractivity contribution in [3.8, 4) is 0 Å². The molecular formula is C22H20ClN2NaO6S. The number of carbonyl (C=O) groups excluding carboxylic acids is 2. The summed E-state index contributed by atoms with van der Waals surface area (Å²) in [6, 6.07) is 13.7. The van der Waals surface area contributed by atoms with Crippen molar-refractivity contribution in [2.45, 2.75) is 25.3 Å². The van der Waals surface area contributed by atoms with Crippen molar-refractivity contribution in [3.05, 3.63) is 82.3 Å². The van der Waals surface area contributed by atoms with E-state index >= 15 is 0 Å². The number of hydrogen-bond donors (Lipinski definition) is 1. The molecule has 1 aromatic heterocycles. The van der Waals surface area contributed by atoms with Crippen molar-refractivity contribution in [1.29, 1.82) is 0 Å². The number of nitrogens with zero attached hydrogens (tertiary/aromatic N) is 1. The van der Waals surface area contributed by atoms with Gasteiger partial charge in [0.1, 0.15) is 24.0 Å². The minimum absolute atomic E-state index is 0. The molecule has 3 rings (SSSR count). The minimum atomic E-state index is -4.09. The average molecular weight is 499 g/mol. The van der Waals surface area contributed by atoms with E-state index in [9.17, 15) is 23.1 Å². The molecule has 0 saturated carbocycles. The predicted octanol–water partition coefficient (Wildman–Crippen LogP) is -0.571. The van der Waals surface area contributed by atoms with Gasteiger partial charge in [-0.15, -0.1) is 0 Å². The SMILES string of the molecule is Cc1ccc(S(=O)(=O)N(CC(=O)NCc2ccc(C(=O)[O-])o2)c2cccc(Cl)c2C)cc1.[Na+]. The monoisotopic (exact) mass is 498 g/mol. The van der Waals surface area contributed by atoms with Crippen LogP contribution in [0.25, 0.3) is 0 Å². The number of furan rings is 1. The number of hydrogen-bond acceptors (Lipinski definition) is 6. The second-order valence-corrected chi connectivity index (χ2v) is 9.31. The van der Waals surface area contributed by atoms with Gasteiger partial charge in [-0.1, -0.05) is 35.4 Å². The fraction of sp³-hybridized carbons (Fsp3) is 0.182. The van der Waals surface area contributed by atoms with Crippen LogP contribution >= 0.6 is 11.6 Å². The van der Waals surface area contributed by atoms with Gasteiger partial charge in [0, 0.05) is 5.02 Å². The number of halogens is 1. The number of aromatic carboxylic acids is 1. The van der Waals surface area contributed by atoms with E-state index in [1.54, 1.807) is 37.3 Å². The Bertz CT molecular complexity index is 1260. The Morgan fingerprint density at radius 1 is 1.06 bits per heavy atom. The molecule has 11 heteroatoms. The van der Waals surface area contributed by atoms with E-state index < -0.39 is 28.4 Å². The van der Waals surface area contributed by atoms with Gasteiger partial charge in [-0.2, -0.15) is 0 Å². The van der Waals surface area contributed by atoms with Crippen molar-refractivity contribution in [2.24, 2.45) is 0 Å². The molecule has 0 radical (unpaired) electrons. The van der Waals surface area contributed by atoms with Crippen LogP contribution in [0.2, 0.25) is 5.02 Å². The Morgan fingerprint density at radius 2 is 1.73 bits per heavy atom. The van der Waals surface area contributed by atoms with Gasteiger partial charge in [-0.3, -0.25) is 9.10 Å². The first-order valence-corrected chi connectivity index (χ1v) is 11.3. The molecule has 0 aliphatic heterocycles. The molecule has 0 fully saturated rings. The molecular weight excluding hydrogens is 479 g/mol. The number of rotatable bonds is 8. The third-order valence-electron chi connectivity index (χ3n) is 4.73. The van der Waals surface area contributed by atoms with Gasteiger partial charge >= 0.3 is 29.6 Å². The molecule has 0 spiro atoms. The standard InChI is InChI=1S/C22H21ClN2O6S.Na/c1-14-6-9-17(10-7-14)32(29,30)25(19-5-3-4-18(23)15(19)2)13-21(26)24-12-16-8-11-20(31-16)22(27)28;/h3-11H,12-13H2,1-2H3,(H,24,26)(H,27,28);/q;+1/p-1. The second-order valence-electron chi connectivity index (χ2n) is 7.04. The van der Waals surface area contributed by atoms with Gasteiger partial charge in [-0.05, 0) is 55.8 Å². The molecule has 0 saturated heterocycles. The maximum atomic E-state index is 13.4. The third kappa shape index (κ3) is 6.39. The smallest absolute Gasteiger partial charge is 0.542 e. The Hall–Kier alpha value is -2.30. The number of carboxylic acid groups (broad SMARTS) is 1. The molecule has 1 amide bonds. The zero-order chi connectivity index (χ0) is 23.5. The van der Waals surface area contributed by atoms with Gasteiger partial charge < -0.3 is 19.6 Å². The summed E-state index contributed by atoms with van der Waals surface area (Å²) in [5, 5.41) is 13.7. The van der Waals surface area contributed by atoms with E-state index in [-0.39, 0.29) is 58.2 Å². The first kappa shape index (κ1) is 26.9. The van der Waals surface area contributed by atoms with Crippen LogP contribution in [-0.4, -0.2) is 26.8 Å². The van der Waals surface area contributed by atoms with Crippen LogP contribution in [0.1, 0.15) is 27.4 Å². The van der Waals surface area contributed by atoms with Crippen LogP contribution in [-0.2, 0) is 21.4 Å². The molecule has 0 aliphatic rings. The number of aryl methyl sites for hydroxylation is 1. The van der Waals surface area contributed by atoms with E-state index in [1.807, 2.05) is 6.92 Å². The largest absolute Gasteiger partial charge is 1.00 e. The van der Waals surface area contributed by atoms with Crippen LogP contribution < -0.4 is 44.3 Å². The van der Waals surface area contributed by atoms with Crippen molar-refractivity contribution in [2.75, 3.05) is 10.8 Å². The Labute approximate surface area is 218 Å². The van der Waals surface area contributed by atoms with Crippen molar-refractivity contribution in [3.63, 3.8) is 0 Å². The Kier molecular flexibility index (Phi) is 9.16. The van der Waals surface area contributed by atoms with Crippen LogP contribution in [0.5, 0.6) is 0 Å². The predicted molar refractivity (Wildman–Crippen MR) is 117 cm³/mol. The van der Waals surface area contributed by atoms with Crippen LogP contribution in [0.3, 0.4) is 0 Å². The first-order valence-electron chi connectivity index (χ1n) is 9.51. The third-order valence-corrected chi connectivity index (χ3v) is 6.91. The van der Waals surface area contributed by atoms with Gasteiger partial charge in [0.05, 0.1) is 17.1 Å². The van der Waals surface area contributed by atoms with Crippen LogP contribution in [0.4, 0.5) is 5.69 Å². The van der Waals surface area contributed by atoms with E-state index in [2.05, 4.69) is 5.32 Å². The Balaban J connectivity index is 0.00000385. The number of anilines is 1. The molecule has 168 valence electrons. The topological polar surface area (TPSA) is 120 Å². The number of carbonyl (C=O) groups is 2. The van der Waals surface area contributed by atoms with E-state index in [4.69, 9.17) is 16.0 Å². The minimum Gasteiger partial charge on any atom is -0.542 e. The van der Waals surface area contributed by atoms with E-state index in [1.165, 1.54) is 24.3 Å². The summed E-state index contributed by atoms with van der Waals surface area (Å²) in [4.78, 5) is 23.5. The first-order chi connectivity index (χ1) is 15.1.